The van der Waals surface area contributed by atoms with E-state index in [2.05, 4.69) is 15.2 Å². The molecule has 2 heterocycles. The number of likely N-dealkylation sites (tertiary alicyclic amines) is 1. The highest BCUT2D eigenvalue weighted by Gasteiger charge is 2.21. The van der Waals surface area contributed by atoms with Gasteiger partial charge in [-0.1, -0.05) is 36.4 Å². The highest BCUT2D eigenvalue weighted by molar-refractivity contribution is 5.98. The summed E-state index contributed by atoms with van der Waals surface area (Å²) in [5.41, 5.74) is 1.10. The van der Waals surface area contributed by atoms with Crippen LogP contribution in [0, 0.1) is 11.7 Å². The molecule has 0 spiro atoms. The number of pyridine rings is 1. The maximum absolute atomic E-state index is 13.9. The van der Waals surface area contributed by atoms with Crippen LogP contribution in [-0.2, 0) is 6.54 Å². The number of rotatable bonds is 6. The predicted octanol–water partition coefficient (Wildman–Crippen LogP) is 4.02. The minimum absolute atomic E-state index is 0.148. The van der Waals surface area contributed by atoms with Crippen molar-refractivity contribution in [2.45, 2.75) is 19.4 Å². The van der Waals surface area contributed by atoms with Crippen LogP contribution in [0.3, 0.4) is 0 Å². The van der Waals surface area contributed by atoms with Crippen LogP contribution in [0.2, 0.25) is 0 Å². The summed E-state index contributed by atoms with van der Waals surface area (Å²) in [7, 11) is 1.56. The number of ether oxygens (including phenoxy) is 1. The van der Waals surface area contributed by atoms with Gasteiger partial charge >= 0.3 is 0 Å². The van der Waals surface area contributed by atoms with E-state index in [-0.39, 0.29) is 11.7 Å². The van der Waals surface area contributed by atoms with Gasteiger partial charge in [0.15, 0.2) is 0 Å². The molecule has 3 aromatic rings. The molecule has 1 amide bonds. The van der Waals surface area contributed by atoms with Crippen molar-refractivity contribution >= 4 is 16.7 Å². The van der Waals surface area contributed by atoms with Crippen LogP contribution in [0.15, 0.2) is 54.6 Å². The molecule has 0 atom stereocenters. The SMILES string of the molecule is COc1nc(C(=O)NCC2CCN(Cc3ccccc3F)CC2)cc2ccccc12. The number of amides is 1. The van der Waals surface area contributed by atoms with Gasteiger partial charge in [0.05, 0.1) is 7.11 Å². The zero-order valence-electron chi connectivity index (χ0n) is 17.1. The number of aromatic nitrogens is 1. The van der Waals surface area contributed by atoms with Crippen molar-refractivity contribution in [1.82, 2.24) is 15.2 Å². The minimum Gasteiger partial charge on any atom is -0.481 e. The van der Waals surface area contributed by atoms with E-state index in [0.717, 1.165) is 42.3 Å². The van der Waals surface area contributed by atoms with Crippen LogP contribution < -0.4 is 10.1 Å². The van der Waals surface area contributed by atoms with Gasteiger partial charge in [0.25, 0.3) is 5.91 Å². The highest BCUT2D eigenvalue weighted by Crippen LogP contribution is 2.24. The first-order valence-electron chi connectivity index (χ1n) is 10.3. The van der Waals surface area contributed by atoms with Crippen molar-refractivity contribution < 1.29 is 13.9 Å². The first-order valence-corrected chi connectivity index (χ1v) is 10.3. The van der Waals surface area contributed by atoms with Gasteiger partial charge in [0, 0.05) is 24.0 Å². The summed E-state index contributed by atoms with van der Waals surface area (Å²) in [6, 6.07) is 16.5. The van der Waals surface area contributed by atoms with Crippen LogP contribution >= 0.6 is 0 Å². The lowest BCUT2D eigenvalue weighted by molar-refractivity contribution is 0.0929. The van der Waals surface area contributed by atoms with E-state index in [1.807, 2.05) is 36.4 Å². The van der Waals surface area contributed by atoms with Crippen molar-refractivity contribution in [1.29, 1.82) is 0 Å². The molecule has 0 radical (unpaired) electrons. The molecule has 1 N–H and O–H groups in total. The van der Waals surface area contributed by atoms with Gasteiger partial charge in [-0.25, -0.2) is 9.37 Å². The molecule has 0 bridgehead atoms. The Morgan fingerprint density at radius 1 is 1.17 bits per heavy atom. The summed E-state index contributed by atoms with van der Waals surface area (Å²) < 4.78 is 19.2. The first kappa shape index (κ1) is 20.3. The molecule has 0 unspecified atom stereocenters. The second-order valence-electron chi connectivity index (χ2n) is 7.76. The summed E-state index contributed by atoms with van der Waals surface area (Å²) in [6.07, 6.45) is 1.95. The molecule has 4 rings (SSSR count). The summed E-state index contributed by atoms with van der Waals surface area (Å²) in [5, 5.41) is 4.84. The van der Waals surface area contributed by atoms with E-state index in [9.17, 15) is 9.18 Å². The Morgan fingerprint density at radius 3 is 2.67 bits per heavy atom. The lowest BCUT2D eigenvalue weighted by Crippen LogP contribution is -2.38. The number of carbonyl (C=O) groups excluding carboxylic acids is 1. The quantitative estimate of drug-likeness (QED) is 0.671. The number of fused-ring (bicyclic) bond motifs is 1. The van der Waals surface area contributed by atoms with Gasteiger partial charge in [0.1, 0.15) is 11.5 Å². The van der Waals surface area contributed by atoms with Gasteiger partial charge in [-0.3, -0.25) is 9.69 Å². The lowest BCUT2D eigenvalue weighted by atomic mass is 9.96. The molecule has 1 aromatic heterocycles. The molecular formula is C24H26FN3O2. The fraction of sp³-hybridized carbons (Fsp3) is 0.333. The third-order valence-electron chi connectivity index (χ3n) is 5.74. The first-order chi connectivity index (χ1) is 14.6. The normalized spacial score (nSPS) is 15.3. The fourth-order valence-corrected chi connectivity index (χ4v) is 3.98. The van der Waals surface area contributed by atoms with Crippen molar-refractivity contribution in [3.8, 4) is 5.88 Å². The van der Waals surface area contributed by atoms with Crippen molar-refractivity contribution in [3.63, 3.8) is 0 Å². The summed E-state index contributed by atoms with van der Waals surface area (Å²) in [6.45, 7) is 3.05. The number of methoxy groups -OCH3 is 1. The molecule has 1 aliphatic heterocycles. The van der Waals surface area contributed by atoms with Gasteiger partial charge in [-0.05, 0) is 55.4 Å². The number of hydrogen-bond acceptors (Lipinski definition) is 4. The Labute approximate surface area is 175 Å². The van der Waals surface area contributed by atoms with E-state index >= 15 is 0 Å². The van der Waals surface area contributed by atoms with E-state index in [0.29, 0.717) is 30.6 Å². The van der Waals surface area contributed by atoms with Gasteiger partial charge in [-0.2, -0.15) is 0 Å². The second-order valence-corrected chi connectivity index (χ2v) is 7.76. The zero-order valence-corrected chi connectivity index (χ0v) is 17.1. The summed E-state index contributed by atoms with van der Waals surface area (Å²) in [5.74, 6) is 0.533. The monoisotopic (exact) mass is 407 g/mol. The molecule has 156 valence electrons. The number of nitrogens with zero attached hydrogens (tertiary/aromatic N) is 2. The van der Waals surface area contributed by atoms with Crippen molar-refractivity contribution in [2.75, 3.05) is 26.7 Å². The Hall–Kier alpha value is -2.99. The molecular weight excluding hydrogens is 381 g/mol. The number of halogens is 1. The standard InChI is InChI=1S/C24H26FN3O2/c1-30-24-20-8-4-2-6-18(20)14-22(27-24)23(29)26-15-17-10-12-28(13-11-17)16-19-7-3-5-9-21(19)25/h2-9,14,17H,10-13,15-16H2,1H3,(H,26,29). The van der Waals surface area contributed by atoms with Crippen LogP contribution in [0.5, 0.6) is 5.88 Å². The fourth-order valence-electron chi connectivity index (χ4n) is 3.98. The van der Waals surface area contributed by atoms with E-state index in [4.69, 9.17) is 4.74 Å². The maximum Gasteiger partial charge on any atom is 0.270 e. The molecule has 5 nitrogen and oxygen atoms in total. The third kappa shape index (κ3) is 4.60. The molecule has 6 heteroatoms. The molecule has 1 fully saturated rings. The number of nitrogens with one attached hydrogen (secondary N) is 1. The smallest absolute Gasteiger partial charge is 0.270 e. The average molecular weight is 407 g/mol. The third-order valence-corrected chi connectivity index (χ3v) is 5.74. The van der Waals surface area contributed by atoms with Crippen LogP contribution in [0.1, 0.15) is 28.9 Å². The number of hydrogen-bond donors (Lipinski definition) is 1. The molecule has 0 saturated carbocycles. The number of piperidine rings is 1. The zero-order chi connectivity index (χ0) is 20.9. The molecule has 0 aliphatic carbocycles. The largest absolute Gasteiger partial charge is 0.481 e. The maximum atomic E-state index is 13.9. The predicted molar refractivity (Wildman–Crippen MR) is 115 cm³/mol. The van der Waals surface area contributed by atoms with Gasteiger partial charge in [0.2, 0.25) is 5.88 Å². The Kier molecular flexibility index (Phi) is 6.23. The van der Waals surface area contributed by atoms with E-state index in [1.54, 1.807) is 19.2 Å². The van der Waals surface area contributed by atoms with E-state index in [1.165, 1.54) is 6.07 Å². The Balaban J connectivity index is 1.31. The van der Waals surface area contributed by atoms with Crippen LogP contribution in [0.25, 0.3) is 10.8 Å². The molecule has 2 aromatic carbocycles. The van der Waals surface area contributed by atoms with Crippen LogP contribution in [0.4, 0.5) is 4.39 Å². The van der Waals surface area contributed by atoms with Crippen LogP contribution in [-0.4, -0.2) is 42.5 Å². The molecule has 30 heavy (non-hydrogen) atoms. The van der Waals surface area contributed by atoms with Gasteiger partial charge < -0.3 is 10.1 Å². The summed E-state index contributed by atoms with van der Waals surface area (Å²) in [4.78, 5) is 19.3. The number of carbonyl (C=O) groups is 1. The minimum atomic E-state index is -0.187. The van der Waals surface area contributed by atoms with Gasteiger partial charge in [-0.15, -0.1) is 0 Å². The molecule has 1 saturated heterocycles. The Bertz CT molecular complexity index is 1030. The second kappa shape index (κ2) is 9.22. The molecule has 1 aliphatic rings. The van der Waals surface area contributed by atoms with E-state index < -0.39 is 0 Å². The Morgan fingerprint density at radius 2 is 1.90 bits per heavy atom. The average Bonchev–Trinajstić information content (AvgIpc) is 2.79. The number of benzene rings is 2. The lowest BCUT2D eigenvalue weighted by Gasteiger charge is -2.32. The van der Waals surface area contributed by atoms with Crippen molar-refractivity contribution in [2.24, 2.45) is 5.92 Å². The summed E-state index contributed by atoms with van der Waals surface area (Å²) >= 11 is 0. The van der Waals surface area contributed by atoms with Crippen molar-refractivity contribution in [3.05, 3.63) is 71.7 Å². The highest BCUT2D eigenvalue weighted by atomic mass is 19.1. The topological polar surface area (TPSA) is 54.5 Å².